The molecule has 92 valence electrons. The maximum Gasteiger partial charge on any atom is 0.119 e. The monoisotopic (exact) mass is 258 g/mol. The van der Waals surface area contributed by atoms with Gasteiger partial charge in [0.05, 0.1) is 7.11 Å². The van der Waals surface area contributed by atoms with Gasteiger partial charge >= 0.3 is 0 Å². The molecular weight excluding hydrogens is 244 g/mol. The van der Waals surface area contributed by atoms with E-state index in [4.69, 9.17) is 16.3 Å². The van der Waals surface area contributed by atoms with Gasteiger partial charge in [0.1, 0.15) is 5.75 Å². The highest BCUT2D eigenvalue weighted by Gasteiger charge is 1.96. The molecule has 0 bridgehead atoms. The Kier molecular flexibility index (Phi) is 4.06. The summed E-state index contributed by atoms with van der Waals surface area (Å²) in [6.07, 6.45) is 4.13. The van der Waals surface area contributed by atoms with E-state index in [1.807, 2.05) is 36.4 Å². The lowest BCUT2D eigenvalue weighted by atomic mass is 10.1. The fraction of sp³-hybridized carbons (Fsp3) is 0.125. The van der Waals surface area contributed by atoms with E-state index in [0.29, 0.717) is 0 Å². The third kappa shape index (κ3) is 3.38. The predicted molar refractivity (Wildman–Crippen MR) is 78.1 cm³/mol. The fourth-order valence-electron chi connectivity index (χ4n) is 1.76. The van der Waals surface area contributed by atoms with Gasteiger partial charge in [-0.1, -0.05) is 42.0 Å². The molecule has 2 aromatic rings. The van der Waals surface area contributed by atoms with Crippen LogP contribution in [0.2, 0.25) is 5.02 Å². The SMILES string of the molecule is COc1cc(C)cc(/C=C/c2ccc(Cl)cc2)c1. The Labute approximate surface area is 113 Å². The van der Waals surface area contributed by atoms with E-state index < -0.39 is 0 Å². The molecule has 2 heteroatoms. The highest BCUT2D eigenvalue weighted by atomic mass is 35.5. The van der Waals surface area contributed by atoms with Crippen molar-refractivity contribution in [2.45, 2.75) is 6.92 Å². The molecule has 0 N–H and O–H groups in total. The van der Waals surface area contributed by atoms with Gasteiger partial charge in [0.2, 0.25) is 0 Å². The van der Waals surface area contributed by atoms with Crippen LogP contribution in [-0.4, -0.2) is 7.11 Å². The lowest BCUT2D eigenvalue weighted by molar-refractivity contribution is 0.414. The van der Waals surface area contributed by atoms with E-state index in [-0.39, 0.29) is 0 Å². The smallest absolute Gasteiger partial charge is 0.119 e. The molecule has 0 aliphatic carbocycles. The van der Waals surface area contributed by atoms with Crippen LogP contribution in [0.25, 0.3) is 12.2 Å². The van der Waals surface area contributed by atoms with Gasteiger partial charge in [0, 0.05) is 5.02 Å². The van der Waals surface area contributed by atoms with Crippen molar-refractivity contribution in [2.75, 3.05) is 7.11 Å². The molecule has 18 heavy (non-hydrogen) atoms. The molecule has 2 rings (SSSR count). The summed E-state index contributed by atoms with van der Waals surface area (Å²) in [4.78, 5) is 0. The van der Waals surface area contributed by atoms with Crippen LogP contribution >= 0.6 is 11.6 Å². The number of aryl methyl sites for hydroxylation is 1. The lowest BCUT2D eigenvalue weighted by Crippen LogP contribution is -1.85. The number of hydrogen-bond donors (Lipinski definition) is 0. The molecule has 0 aliphatic rings. The Bertz CT molecular complexity index is 556. The van der Waals surface area contributed by atoms with Gasteiger partial charge < -0.3 is 4.74 Å². The lowest BCUT2D eigenvalue weighted by Gasteiger charge is -2.03. The van der Waals surface area contributed by atoms with Crippen molar-refractivity contribution >= 4 is 23.8 Å². The first kappa shape index (κ1) is 12.7. The van der Waals surface area contributed by atoms with Crippen molar-refractivity contribution in [3.8, 4) is 5.75 Å². The largest absolute Gasteiger partial charge is 0.497 e. The highest BCUT2D eigenvalue weighted by molar-refractivity contribution is 6.30. The van der Waals surface area contributed by atoms with Crippen LogP contribution in [0.5, 0.6) is 5.75 Å². The molecule has 0 spiro atoms. The van der Waals surface area contributed by atoms with Crippen molar-refractivity contribution in [1.82, 2.24) is 0 Å². The van der Waals surface area contributed by atoms with E-state index in [9.17, 15) is 0 Å². The summed E-state index contributed by atoms with van der Waals surface area (Å²) >= 11 is 5.85. The summed E-state index contributed by atoms with van der Waals surface area (Å²) in [6.45, 7) is 2.06. The van der Waals surface area contributed by atoms with Crippen LogP contribution in [0, 0.1) is 6.92 Å². The van der Waals surface area contributed by atoms with Gasteiger partial charge in [-0.05, 0) is 47.9 Å². The number of methoxy groups -OCH3 is 1. The normalized spacial score (nSPS) is 10.8. The molecule has 0 radical (unpaired) electrons. The molecule has 2 aromatic carbocycles. The molecule has 0 heterocycles. The summed E-state index contributed by atoms with van der Waals surface area (Å²) in [6, 6.07) is 13.9. The van der Waals surface area contributed by atoms with Crippen LogP contribution in [0.15, 0.2) is 42.5 Å². The molecule has 0 fully saturated rings. The first-order valence-corrected chi connectivity index (χ1v) is 6.14. The van der Waals surface area contributed by atoms with Gasteiger partial charge in [-0.25, -0.2) is 0 Å². The second-order valence-corrected chi connectivity index (χ2v) is 4.60. The van der Waals surface area contributed by atoms with Crippen molar-refractivity contribution in [1.29, 1.82) is 0 Å². The summed E-state index contributed by atoms with van der Waals surface area (Å²) in [7, 11) is 1.68. The number of benzene rings is 2. The molecule has 0 amide bonds. The van der Waals surface area contributed by atoms with E-state index in [1.165, 1.54) is 5.56 Å². The van der Waals surface area contributed by atoms with Gasteiger partial charge in [-0.2, -0.15) is 0 Å². The van der Waals surface area contributed by atoms with Gasteiger partial charge in [0.15, 0.2) is 0 Å². The number of rotatable bonds is 3. The number of hydrogen-bond acceptors (Lipinski definition) is 1. The molecule has 0 saturated heterocycles. The van der Waals surface area contributed by atoms with Crippen molar-refractivity contribution in [2.24, 2.45) is 0 Å². The van der Waals surface area contributed by atoms with Crippen LogP contribution in [0.3, 0.4) is 0 Å². The zero-order valence-corrected chi connectivity index (χ0v) is 11.2. The topological polar surface area (TPSA) is 9.23 Å². The maximum absolute atomic E-state index is 5.85. The van der Waals surface area contributed by atoms with Crippen LogP contribution in [0.4, 0.5) is 0 Å². The van der Waals surface area contributed by atoms with Crippen molar-refractivity contribution < 1.29 is 4.74 Å². The second kappa shape index (κ2) is 5.74. The zero-order chi connectivity index (χ0) is 13.0. The van der Waals surface area contributed by atoms with Gasteiger partial charge in [-0.15, -0.1) is 0 Å². The minimum Gasteiger partial charge on any atom is -0.497 e. The standard InChI is InChI=1S/C16H15ClO/c1-12-9-14(11-16(10-12)18-2)4-3-13-5-7-15(17)8-6-13/h3-11H,1-2H3/b4-3+. The average Bonchev–Trinajstić information content (AvgIpc) is 2.37. The second-order valence-electron chi connectivity index (χ2n) is 4.17. The van der Waals surface area contributed by atoms with E-state index in [1.54, 1.807) is 7.11 Å². The Morgan fingerprint density at radius 1 is 0.944 bits per heavy atom. The van der Waals surface area contributed by atoms with Gasteiger partial charge in [0.25, 0.3) is 0 Å². The first-order valence-electron chi connectivity index (χ1n) is 5.77. The Morgan fingerprint density at radius 2 is 1.61 bits per heavy atom. The molecule has 0 unspecified atom stereocenters. The van der Waals surface area contributed by atoms with Crippen molar-refractivity contribution in [3.05, 3.63) is 64.2 Å². The number of ether oxygens (including phenoxy) is 1. The van der Waals surface area contributed by atoms with Crippen LogP contribution in [-0.2, 0) is 0 Å². The van der Waals surface area contributed by atoms with Crippen molar-refractivity contribution in [3.63, 3.8) is 0 Å². The Morgan fingerprint density at radius 3 is 2.28 bits per heavy atom. The summed E-state index contributed by atoms with van der Waals surface area (Å²) in [5, 5.41) is 0.754. The minimum absolute atomic E-state index is 0.754. The molecule has 0 aromatic heterocycles. The minimum atomic E-state index is 0.754. The third-order valence-electron chi connectivity index (χ3n) is 2.65. The maximum atomic E-state index is 5.85. The predicted octanol–water partition coefficient (Wildman–Crippen LogP) is 4.83. The van der Waals surface area contributed by atoms with Crippen LogP contribution in [0.1, 0.15) is 16.7 Å². The Balaban J connectivity index is 2.22. The quantitative estimate of drug-likeness (QED) is 0.717. The zero-order valence-electron chi connectivity index (χ0n) is 10.5. The Hall–Kier alpha value is -1.73. The fourth-order valence-corrected chi connectivity index (χ4v) is 1.88. The molecule has 0 aliphatic heterocycles. The number of halogens is 1. The molecule has 0 saturated carbocycles. The summed E-state index contributed by atoms with van der Waals surface area (Å²) in [5.74, 6) is 0.880. The van der Waals surface area contributed by atoms with E-state index in [0.717, 1.165) is 21.9 Å². The third-order valence-corrected chi connectivity index (χ3v) is 2.90. The average molecular weight is 259 g/mol. The first-order chi connectivity index (χ1) is 8.67. The van der Waals surface area contributed by atoms with Crippen LogP contribution < -0.4 is 4.74 Å². The summed E-state index contributed by atoms with van der Waals surface area (Å²) in [5.41, 5.74) is 3.44. The molecule has 0 atom stereocenters. The highest BCUT2D eigenvalue weighted by Crippen LogP contribution is 2.19. The summed E-state index contributed by atoms with van der Waals surface area (Å²) < 4.78 is 5.25. The van der Waals surface area contributed by atoms with E-state index in [2.05, 4.69) is 25.1 Å². The van der Waals surface area contributed by atoms with Gasteiger partial charge in [-0.3, -0.25) is 0 Å². The van der Waals surface area contributed by atoms with E-state index >= 15 is 0 Å². The molecule has 1 nitrogen and oxygen atoms in total. The molecular formula is C16H15ClO.